The molecule has 1 aromatic carbocycles. The van der Waals surface area contributed by atoms with Gasteiger partial charge < -0.3 is 10.0 Å². The van der Waals surface area contributed by atoms with Crippen LogP contribution in [0.15, 0.2) is 54.9 Å². The summed E-state index contributed by atoms with van der Waals surface area (Å²) in [7, 11) is 0. The fourth-order valence-electron chi connectivity index (χ4n) is 2.70. The summed E-state index contributed by atoms with van der Waals surface area (Å²) in [6.07, 6.45) is 8.20. The Balaban J connectivity index is 1.65. The van der Waals surface area contributed by atoms with Crippen molar-refractivity contribution in [2.45, 2.75) is 18.9 Å². The third-order valence-electron chi connectivity index (χ3n) is 4.09. The number of anilines is 1. The fourth-order valence-corrected chi connectivity index (χ4v) is 2.70. The van der Waals surface area contributed by atoms with Gasteiger partial charge in [0.15, 0.2) is 5.78 Å². The maximum Gasteiger partial charge on any atom is 0.185 e. The van der Waals surface area contributed by atoms with Crippen LogP contribution in [0.2, 0.25) is 0 Å². The molecule has 1 aliphatic heterocycles. The number of nitrogens with zero attached hydrogens (tertiary/aromatic N) is 2. The van der Waals surface area contributed by atoms with Crippen molar-refractivity contribution in [3.05, 3.63) is 66.0 Å². The third kappa shape index (κ3) is 4.05. The molecule has 1 N–H and O–H groups in total. The van der Waals surface area contributed by atoms with Gasteiger partial charge in [-0.2, -0.15) is 0 Å². The van der Waals surface area contributed by atoms with Gasteiger partial charge in [0.2, 0.25) is 0 Å². The lowest BCUT2D eigenvalue weighted by molar-refractivity contribution is 0.104. The Morgan fingerprint density at radius 2 is 1.91 bits per heavy atom. The first kappa shape index (κ1) is 15.4. The minimum absolute atomic E-state index is 0.0190. The standard InChI is InChI=1S/C19H20N2O2/c22-18-9-12-21(13-10-18)17-6-4-16(5-7-17)19(23)8-3-15-2-1-11-20-14-15/h1-8,11,14,18,22H,9-10,12-13H2/b8-3+. The number of rotatable bonds is 4. The van der Waals surface area contributed by atoms with E-state index in [-0.39, 0.29) is 11.9 Å². The second-order valence-corrected chi connectivity index (χ2v) is 5.75. The molecule has 1 saturated heterocycles. The quantitative estimate of drug-likeness (QED) is 0.697. The van der Waals surface area contributed by atoms with Crippen molar-refractivity contribution in [1.82, 2.24) is 4.98 Å². The number of carbonyl (C=O) groups is 1. The number of ketones is 1. The molecule has 0 spiro atoms. The zero-order valence-corrected chi connectivity index (χ0v) is 12.9. The summed E-state index contributed by atoms with van der Waals surface area (Å²) in [6.45, 7) is 1.71. The first-order chi connectivity index (χ1) is 11.2. The molecule has 3 rings (SSSR count). The Kier molecular flexibility index (Phi) is 4.83. The molecule has 0 unspecified atom stereocenters. The lowest BCUT2D eigenvalue weighted by Crippen LogP contribution is -2.35. The predicted molar refractivity (Wildman–Crippen MR) is 91.5 cm³/mol. The minimum atomic E-state index is -0.176. The number of hydrogen-bond acceptors (Lipinski definition) is 4. The van der Waals surface area contributed by atoms with Gasteiger partial charge in [-0.15, -0.1) is 0 Å². The Labute approximate surface area is 136 Å². The Bertz CT molecular complexity index is 672. The normalized spacial score (nSPS) is 16.0. The van der Waals surface area contributed by atoms with E-state index in [1.54, 1.807) is 24.5 Å². The van der Waals surface area contributed by atoms with E-state index >= 15 is 0 Å². The molecule has 0 bridgehead atoms. The maximum atomic E-state index is 12.2. The van der Waals surface area contributed by atoms with E-state index in [0.29, 0.717) is 5.56 Å². The number of hydrogen-bond donors (Lipinski definition) is 1. The second-order valence-electron chi connectivity index (χ2n) is 5.75. The summed E-state index contributed by atoms with van der Waals surface area (Å²) in [5.41, 5.74) is 2.68. The molecule has 0 amide bonds. The number of aliphatic hydroxyl groups excluding tert-OH is 1. The SMILES string of the molecule is O=C(/C=C/c1cccnc1)c1ccc(N2CCC(O)CC2)cc1. The van der Waals surface area contributed by atoms with E-state index in [4.69, 9.17) is 0 Å². The number of carbonyl (C=O) groups excluding carboxylic acids is 1. The summed E-state index contributed by atoms with van der Waals surface area (Å²) in [5, 5.41) is 9.56. The molecule has 1 fully saturated rings. The van der Waals surface area contributed by atoms with E-state index in [2.05, 4.69) is 9.88 Å². The number of benzene rings is 1. The number of aromatic nitrogens is 1. The molecular formula is C19H20N2O2. The summed E-state index contributed by atoms with van der Waals surface area (Å²) >= 11 is 0. The van der Waals surface area contributed by atoms with Crippen LogP contribution in [-0.2, 0) is 0 Å². The van der Waals surface area contributed by atoms with Crippen molar-refractivity contribution < 1.29 is 9.90 Å². The van der Waals surface area contributed by atoms with Gasteiger partial charge in [0, 0.05) is 36.7 Å². The molecule has 118 valence electrons. The van der Waals surface area contributed by atoms with Gasteiger partial charge in [-0.1, -0.05) is 6.07 Å². The second kappa shape index (κ2) is 7.20. The molecule has 0 aliphatic carbocycles. The minimum Gasteiger partial charge on any atom is -0.393 e. The summed E-state index contributed by atoms with van der Waals surface area (Å²) in [5.74, 6) is -0.0190. The molecule has 23 heavy (non-hydrogen) atoms. The van der Waals surface area contributed by atoms with Crippen LogP contribution in [0, 0.1) is 0 Å². The van der Waals surface area contributed by atoms with Crippen molar-refractivity contribution in [3.8, 4) is 0 Å². The lowest BCUT2D eigenvalue weighted by atomic mass is 10.1. The molecule has 1 aliphatic rings. The van der Waals surface area contributed by atoms with Gasteiger partial charge in [-0.25, -0.2) is 0 Å². The average Bonchev–Trinajstić information content (AvgIpc) is 2.61. The van der Waals surface area contributed by atoms with Crippen molar-refractivity contribution in [2.75, 3.05) is 18.0 Å². The van der Waals surface area contributed by atoms with E-state index in [0.717, 1.165) is 37.2 Å². The van der Waals surface area contributed by atoms with Crippen molar-refractivity contribution in [1.29, 1.82) is 0 Å². The van der Waals surface area contributed by atoms with Crippen molar-refractivity contribution in [2.24, 2.45) is 0 Å². The lowest BCUT2D eigenvalue weighted by Gasteiger charge is -2.31. The van der Waals surface area contributed by atoms with E-state index in [9.17, 15) is 9.90 Å². The Morgan fingerprint density at radius 3 is 2.57 bits per heavy atom. The van der Waals surface area contributed by atoms with Crippen LogP contribution in [0.25, 0.3) is 6.08 Å². The highest BCUT2D eigenvalue weighted by Crippen LogP contribution is 2.20. The zero-order valence-electron chi connectivity index (χ0n) is 12.9. The molecule has 4 heteroatoms. The van der Waals surface area contributed by atoms with E-state index in [1.165, 1.54) is 0 Å². The first-order valence-corrected chi connectivity index (χ1v) is 7.88. The highest BCUT2D eigenvalue weighted by molar-refractivity contribution is 6.06. The van der Waals surface area contributed by atoms with Crippen LogP contribution in [0.3, 0.4) is 0 Å². The maximum absolute atomic E-state index is 12.2. The summed E-state index contributed by atoms with van der Waals surface area (Å²) < 4.78 is 0. The average molecular weight is 308 g/mol. The fraction of sp³-hybridized carbons (Fsp3) is 0.263. The summed E-state index contributed by atoms with van der Waals surface area (Å²) in [4.78, 5) is 18.5. The smallest absolute Gasteiger partial charge is 0.185 e. The molecular weight excluding hydrogens is 288 g/mol. The molecule has 0 atom stereocenters. The third-order valence-corrected chi connectivity index (χ3v) is 4.09. The molecule has 4 nitrogen and oxygen atoms in total. The highest BCUT2D eigenvalue weighted by atomic mass is 16.3. The first-order valence-electron chi connectivity index (χ1n) is 7.88. The topological polar surface area (TPSA) is 53.4 Å². The molecule has 0 radical (unpaired) electrons. The number of aliphatic hydroxyl groups is 1. The van der Waals surface area contributed by atoms with Gasteiger partial charge in [-0.05, 0) is 60.9 Å². The van der Waals surface area contributed by atoms with Crippen LogP contribution in [0.5, 0.6) is 0 Å². The van der Waals surface area contributed by atoms with Gasteiger partial charge in [0.25, 0.3) is 0 Å². The van der Waals surface area contributed by atoms with Gasteiger partial charge >= 0.3 is 0 Å². The van der Waals surface area contributed by atoms with Gasteiger partial charge in [0.1, 0.15) is 0 Å². The van der Waals surface area contributed by atoms with Crippen LogP contribution < -0.4 is 4.90 Å². The predicted octanol–water partition coefficient (Wildman–Crippen LogP) is 2.94. The number of piperidine rings is 1. The molecule has 2 aromatic rings. The van der Waals surface area contributed by atoms with Crippen LogP contribution in [0.4, 0.5) is 5.69 Å². The summed E-state index contributed by atoms with van der Waals surface area (Å²) in [6, 6.07) is 11.4. The monoisotopic (exact) mass is 308 g/mol. The zero-order chi connectivity index (χ0) is 16.1. The van der Waals surface area contributed by atoms with Gasteiger partial charge in [0.05, 0.1) is 6.10 Å². The van der Waals surface area contributed by atoms with Crippen LogP contribution in [0.1, 0.15) is 28.8 Å². The number of pyridine rings is 1. The van der Waals surface area contributed by atoms with Crippen molar-refractivity contribution >= 4 is 17.5 Å². The largest absolute Gasteiger partial charge is 0.393 e. The highest BCUT2D eigenvalue weighted by Gasteiger charge is 2.17. The van der Waals surface area contributed by atoms with Gasteiger partial charge in [-0.3, -0.25) is 9.78 Å². The van der Waals surface area contributed by atoms with Crippen LogP contribution in [-0.4, -0.2) is 35.1 Å². The van der Waals surface area contributed by atoms with E-state index in [1.807, 2.05) is 36.4 Å². The number of allylic oxidation sites excluding steroid dienone is 1. The molecule has 2 heterocycles. The van der Waals surface area contributed by atoms with E-state index < -0.39 is 0 Å². The molecule has 1 aromatic heterocycles. The molecule has 0 saturated carbocycles. The van der Waals surface area contributed by atoms with Crippen molar-refractivity contribution in [3.63, 3.8) is 0 Å². The Hall–Kier alpha value is -2.46. The van der Waals surface area contributed by atoms with Crippen LogP contribution >= 0.6 is 0 Å². The Morgan fingerprint density at radius 1 is 1.17 bits per heavy atom.